The van der Waals surface area contributed by atoms with Crippen molar-refractivity contribution < 1.29 is 17.6 Å². The number of hydrogen-bond acceptors (Lipinski definition) is 1. The van der Waals surface area contributed by atoms with E-state index in [4.69, 9.17) is 0 Å². The predicted octanol–water partition coefficient (Wildman–Crippen LogP) is 2.53. The van der Waals surface area contributed by atoms with E-state index in [0.717, 1.165) is 12.1 Å². The molecule has 76 valence electrons. The largest absolute Gasteiger partial charge is 0.407 e. The highest BCUT2D eigenvalue weighted by Gasteiger charge is 2.44. The lowest BCUT2D eigenvalue weighted by Gasteiger charge is -2.15. The average molecular weight is 205 g/mol. The number of nitrogens with one attached hydrogen (secondary N) is 1. The van der Waals surface area contributed by atoms with E-state index >= 15 is 0 Å². The fraction of sp³-hybridized carbons (Fsp3) is 0.333. The first-order valence-electron chi connectivity index (χ1n) is 4.07. The van der Waals surface area contributed by atoms with Crippen LogP contribution < -0.4 is 5.32 Å². The summed E-state index contributed by atoms with van der Waals surface area (Å²) in [5.41, 5.74) is 0.506. The van der Waals surface area contributed by atoms with E-state index in [0.29, 0.717) is 5.56 Å². The topological polar surface area (TPSA) is 12.0 Å². The van der Waals surface area contributed by atoms with Gasteiger partial charge >= 0.3 is 6.18 Å². The Morgan fingerprint density at radius 3 is 2.64 bits per heavy atom. The summed E-state index contributed by atoms with van der Waals surface area (Å²) in [6.45, 7) is 0.0667. The second kappa shape index (κ2) is 2.95. The number of hydrogen-bond donors (Lipinski definition) is 1. The van der Waals surface area contributed by atoms with Crippen LogP contribution in [0, 0.1) is 5.82 Å². The molecule has 0 bridgehead atoms. The first-order valence-corrected chi connectivity index (χ1v) is 4.07. The lowest BCUT2D eigenvalue weighted by atomic mass is 10.0. The molecule has 0 spiro atoms. The van der Waals surface area contributed by atoms with Crippen LogP contribution in [0.5, 0.6) is 0 Å². The molecule has 1 heterocycles. The van der Waals surface area contributed by atoms with Crippen LogP contribution in [0.15, 0.2) is 18.2 Å². The first-order chi connectivity index (χ1) is 6.48. The minimum Gasteiger partial charge on any atom is -0.298 e. The summed E-state index contributed by atoms with van der Waals surface area (Å²) in [6, 6.07) is 1.71. The third-order valence-electron chi connectivity index (χ3n) is 2.24. The van der Waals surface area contributed by atoms with E-state index in [2.05, 4.69) is 5.32 Å². The van der Waals surface area contributed by atoms with Crippen molar-refractivity contribution in [2.24, 2.45) is 0 Å². The number of halogens is 4. The molecule has 1 N–H and O–H groups in total. The van der Waals surface area contributed by atoms with Crippen LogP contribution >= 0.6 is 0 Å². The molecule has 1 atom stereocenters. The van der Waals surface area contributed by atoms with Gasteiger partial charge in [-0.1, -0.05) is 6.07 Å². The SMILES string of the molecule is Fc1ccc2c(c1)CN[C@@H]2C(F)(F)F. The van der Waals surface area contributed by atoms with Crippen LogP contribution in [0.2, 0.25) is 0 Å². The highest BCUT2D eigenvalue weighted by molar-refractivity contribution is 5.35. The first kappa shape index (κ1) is 9.45. The van der Waals surface area contributed by atoms with Gasteiger partial charge in [0.15, 0.2) is 0 Å². The van der Waals surface area contributed by atoms with Gasteiger partial charge in [0.1, 0.15) is 11.9 Å². The molecule has 0 saturated heterocycles. The lowest BCUT2D eigenvalue weighted by Crippen LogP contribution is -2.28. The maximum absolute atomic E-state index is 12.7. The Morgan fingerprint density at radius 1 is 1.29 bits per heavy atom. The van der Waals surface area contributed by atoms with E-state index < -0.39 is 18.0 Å². The molecular weight excluding hydrogens is 198 g/mol. The highest BCUT2D eigenvalue weighted by Crippen LogP contribution is 2.38. The molecule has 14 heavy (non-hydrogen) atoms. The molecule has 0 unspecified atom stereocenters. The van der Waals surface area contributed by atoms with Gasteiger partial charge in [-0.25, -0.2) is 4.39 Å². The van der Waals surface area contributed by atoms with E-state index in [1.807, 2.05) is 0 Å². The third kappa shape index (κ3) is 1.48. The summed E-state index contributed by atoms with van der Waals surface area (Å²) in [4.78, 5) is 0. The standard InChI is InChI=1S/C9H7F4N/c10-6-1-2-7-5(3-6)4-14-8(7)9(11,12)13/h1-3,8,14H,4H2/t8-/m0/s1. The molecule has 0 fully saturated rings. The predicted molar refractivity (Wildman–Crippen MR) is 42.0 cm³/mol. The molecule has 0 amide bonds. The molecule has 1 aromatic carbocycles. The number of fused-ring (bicyclic) bond motifs is 1. The Kier molecular flexibility index (Phi) is 1.99. The summed E-state index contributed by atoms with van der Waals surface area (Å²) >= 11 is 0. The fourth-order valence-electron chi connectivity index (χ4n) is 1.62. The molecule has 1 aliphatic heterocycles. The minimum atomic E-state index is -4.32. The van der Waals surface area contributed by atoms with Crippen molar-refractivity contribution in [3.8, 4) is 0 Å². The monoisotopic (exact) mass is 205 g/mol. The lowest BCUT2D eigenvalue weighted by molar-refractivity contribution is -0.155. The summed E-state index contributed by atoms with van der Waals surface area (Å²) in [5, 5.41) is 2.30. The second-order valence-electron chi connectivity index (χ2n) is 3.20. The highest BCUT2D eigenvalue weighted by atomic mass is 19.4. The number of rotatable bonds is 0. The number of alkyl halides is 3. The van der Waals surface area contributed by atoms with Crippen LogP contribution in [0.1, 0.15) is 17.2 Å². The Bertz CT molecular complexity index is 358. The Labute approximate surface area is 77.7 Å². The Morgan fingerprint density at radius 2 is 2.00 bits per heavy atom. The zero-order chi connectivity index (χ0) is 10.3. The second-order valence-corrected chi connectivity index (χ2v) is 3.20. The van der Waals surface area contributed by atoms with E-state index in [1.165, 1.54) is 6.07 Å². The van der Waals surface area contributed by atoms with Gasteiger partial charge in [0.2, 0.25) is 0 Å². The zero-order valence-electron chi connectivity index (χ0n) is 7.03. The molecule has 0 aliphatic carbocycles. The molecule has 0 radical (unpaired) electrons. The minimum absolute atomic E-state index is 0.0667. The number of benzene rings is 1. The summed E-state index contributed by atoms with van der Waals surface area (Å²) in [7, 11) is 0. The van der Waals surface area contributed by atoms with Gasteiger partial charge < -0.3 is 0 Å². The van der Waals surface area contributed by atoms with Crippen molar-refractivity contribution in [2.45, 2.75) is 18.8 Å². The van der Waals surface area contributed by atoms with Crippen molar-refractivity contribution >= 4 is 0 Å². The Hall–Kier alpha value is -1.10. The van der Waals surface area contributed by atoms with E-state index in [-0.39, 0.29) is 12.1 Å². The van der Waals surface area contributed by atoms with Gasteiger partial charge in [0.25, 0.3) is 0 Å². The van der Waals surface area contributed by atoms with Crippen molar-refractivity contribution in [1.82, 2.24) is 5.32 Å². The van der Waals surface area contributed by atoms with Gasteiger partial charge in [0, 0.05) is 6.54 Å². The molecule has 2 rings (SSSR count). The van der Waals surface area contributed by atoms with Crippen molar-refractivity contribution in [1.29, 1.82) is 0 Å². The maximum Gasteiger partial charge on any atom is 0.407 e. The van der Waals surface area contributed by atoms with Gasteiger partial charge in [-0.2, -0.15) is 13.2 Å². The molecular formula is C9H7F4N. The van der Waals surface area contributed by atoms with Crippen molar-refractivity contribution in [3.05, 3.63) is 35.1 Å². The van der Waals surface area contributed by atoms with Gasteiger partial charge in [-0.15, -0.1) is 0 Å². The van der Waals surface area contributed by atoms with Crippen molar-refractivity contribution in [2.75, 3.05) is 0 Å². The summed E-state index contributed by atoms with van der Waals surface area (Å²) < 4.78 is 49.8. The normalized spacial score (nSPS) is 21.0. The summed E-state index contributed by atoms with van der Waals surface area (Å²) in [6.07, 6.45) is -4.32. The molecule has 1 nitrogen and oxygen atoms in total. The average Bonchev–Trinajstić information content (AvgIpc) is 2.45. The van der Waals surface area contributed by atoms with Crippen LogP contribution in [-0.4, -0.2) is 6.18 Å². The molecule has 0 aromatic heterocycles. The Balaban J connectivity index is 2.41. The molecule has 1 aromatic rings. The van der Waals surface area contributed by atoms with Gasteiger partial charge in [-0.3, -0.25) is 5.32 Å². The third-order valence-corrected chi connectivity index (χ3v) is 2.24. The zero-order valence-corrected chi connectivity index (χ0v) is 7.03. The fourth-order valence-corrected chi connectivity index (χ4v) is 1.62. The van der Waals surface area contributed by atoms with E-state index in [1.54, 1.807) is 0 Å². The van der Waals surface area contributed by atoms with Crippen molar-refractivity contribution in [3.63, 3.8) is 0 Å². The van der Waals surface area contributed by atoms with Crippen LogP contribution in [0.25, 0.3) is 0 Å². The van der Waals surface area contributed by atoms with E-state index in [9.17, 15) is 17.6 Å². The maximum atomic E-state index is 12.7. The molecule has 0 saturated carbocycles. The van der Waals surface area contributed by atoms with Crippen LogP contribution in [0.4, 0.5) is 17.6 Å². The van der Waals surface area contributed by atoms with Crippen LogP contribution in [0.3, 0.4) is 0 Å². The quantitative estimate of drug-likeness (QED) is 0.642. The summed E-state index contributed by atoms with van der Waals surface area (Å²) in [5.74, 6) is -0.506. The smallest absolute Gasteiger partial charge is 0.298 e. The molecule has 5 heteroatoms. The molecule has 1 aliphatic rings. The van der Waals surface area contributed by atoms with Gasteiger partial charge in [-0.05, 0) is 23.3 Å². The van der Waals surface area contributed by atoms with Gasteiger partial charge in [0.05, 0.1) is 0 Å². The van der Waals surface area contributed by atoms with Crippen LogP contribution in [-0.2, 0) is 6.54 Å².